The van der Waals surface area contributed by atoms with Gasteiger partial charge in [0.05, 0.1) is 12.8 Å². The number of carbonyl (C=O) groups excluding carboxylic acids is 2. The number of hydrogen-bond acceptors (Lipinski definition) is 3. The van der Waals surface area contributed by atoms with Crippen LogP contribution in [0.5, 0.6) is 0 Å². The van der Waals surface area contributed by atoms with E-state index in [1.165, 1.54) is 12.2 Å². The molecule has 118 valence electrons. The van der Waals surface area contributed by atoms with Crippen molar-refractivity contribution in [3.05, 3.63) is 36.0 Å². The number of allylic oxidation sites excluding steroid dienone is 3. The van der Waals surface area contributed by atoms with Crippen LogP contribution in [0, 0.1) is 0 Å². The van der Waals surface area contributed by atoms with E-state index in [2.05, 4.69) is 11.9 Å². The van der Waals surface area contributed by atoms with Crippen LogP contribution in [0.2, 0.25) is 0 Å². The lowest BCUT2D eigenvalue weighted by atomic mass is 10.1. The molecule has 0 saturated carbocycles. The maximum Gasteiger partial charge on any atom is 0.258 e. The van der Waals surface area contributed by atoms with Crippen LogP contribution in [0.15, 0.2) is 36.0 Å². The molecule has 0 aromatic rings. The van der Waals surface area contributed by atoms with E-state index in [1.54, 1.807) is 13.0 Å². The molecule has 1 aliphatic rings. The summed E-state index contributed by atoms with van der Waals surface area (Å²) < 4.78 is 9.50. The highest BCUT2D eigenvalue weighted by atomic mass is 19.1. The number of amides is 2. The molecule has 0 aromatic carbocycles. The average molecular weight is 289 g/mol. The van der Waals surface area contributed by atoms with Gasteiger partial charge in [-0.05, 0) is 13.0 Å². The largest absolute Gasteiger partial charge is 0.400 e. The van der Waals surface area contributed by atoms with Gasteiger partial charge in [-0.3, -0.25) is 19.3 Å². The number of halogens is 1. The van der Waals surface area contributed by atoms with Crippen molar-refractivity contribution in [2.75, 3.05) is 14.3 Å². The van der Waals surface area contributed by atoms with Gasteiger partial charge in [0.25, 0.3) is 11.8 Å². The summed E-state index contributed by atoms with van der Waals surface area (Å²) in [5.74, 6) is -0.691. The Kier molecular flexibility index (Phi) is 30.0. The van der Waals surface area contributed by atoms with Crippen molar-refractivity contribution in [1.82, 2.24) is 5.32 Å². The molecule has 5 heteroatoms. The number of imide groups is 1. The smallest absolute Gasteiger partial charge is 0.258 e. The molecule has 1 aliphatic heterocycles. The van der Waals surface area contributed by atoms with Gasteiger partial charge in [-0.1, -0.05) is 46.4 Å². The maximum absolute atomic E-state index is 11.1. The lowest BCUT2D eigenvalue weighted by Gasteiger charge is -1.89. The minimum atomic E-state index is -0.354. The lowest BCUT2D eigenvalue weighted by Crippen LogP contribution is -2.19. The van der Waals surface area contributed by atoms with Gasteiger partial charge < -0.3 is 5.11 Å². The van der Waals surface area contributed by atoms with Gasteiger partial charge in [-0.2, -0.15) is 0 Å². The second-order valence-corrected chi connectivity index (χ2v) is 2.30. The van der Waals surface area contributed by atoms with Crippen LogP contribution in [-0.2, 0) is 9.59 Å². The van der Waals surface area contributed by atoms with Crippen molar-refractivity contribution >= 4 is 11.8 Å². The van der Waals surface area contributed by atoms with Gasteiger partial charge in [0.15, 0.2) is 0 Å². The zero-order chi connectivity index (χ0) is 17.1. The third-order valence-electron chi connectivity index (χ3n) is 1.58. The van der Waals surface area contributed by atoms with Crippen molar-refractivity contribution in [1.29, 1.82) is 0 Å². The highest BCUT2D eigenvalue weighted by Crippen LogP contribution is 2.16. The second-order valence-electron chi connectivity index (χ2n) is 2.30. The summed E-state index contributed by atoms with van der Waals surface area (Å²) in [6.45, 7) is 13.2. The van der Waals surface area contributed by atoms with Crippen LogP contribution < -0.4 is 5.32 Å². The highest BCUT2D eigenvalue weighted by Gasteiger charge is 2.28. The molecule has 2 N–H and O–H groups in total. The van der Waals surface area contributed by atoms with Crippen molar-refractivity contribution in [2.24, 2.45) is 0 Å². The van der Waals surface area contributed by atoms with E-state index < -0.39 is 0 Å². The van der Waals surface area contributed by atoms with Crippen LogP contribution in [0.25, 0.3) is 0 Å². The van der Waals surface area contributed by atoms with E-state index in [0.29, 0.717) is 18.3 Å². The fourth-order valence-corrected chi connectivity index (χ4v) is 1.05. The molecule has 1 saturated heterocycles. The van der Waals surface area contributed by atoms with E-state index in [4.69, 9.17) is 5.11 Å². The molecule has 1 heterocycles. The van der Waals surface area contributed by atoms with E-state index in [9.17, 15) is 14.0 Å². The monoisotopic (exact) mass is 289 g/mol. The normalized spacial score (nSPS) is 15.2. The third kappa shape index (κ3) is 10.2. The first-order valence-electron chi connectivity index (χ1n) is 6.38. The van der Waals surface area contributed by atoms with Crippen LogP contribution in [-0.4, -0.2) is 31.2 Å². The van der Waals surface area contributed by atoms with E-state index in [1.807, 2.05) is 27.7 Å². The Morgan fingerprint density at radius 1 is 1.00 bits per heavy atom. The van der Waals surface area contributed by atoms with Crippen LogP contribution in [0.3, 0.4) is 0 Å². The number of alkyl halides is 1. The fraction of sp³-hybridized carbons (Fsp3) is 0.467. The first kappa shape index (κ1) is 26.7. The Morgan fingerprint density at radius 2 is 1.35 bits per heavy atom. The molecular formula is C15H28FNO3. The molecule has 0 unspecified atom stereocenters. The van der Waals surface area contributed by atoms with E-state index in [0.717, 1.165) is 7.11 Å². The predicted molar refractivity (Wildman–Crippen MR) is 83.1 cm³/mol. The van der Waals surface area contributed by atoms with Gasteiger partial charge in [0.1, 0.15) is 0 Å². The zero-order valence-corrected chi connectivity index (χ0v) is 13.6. The summed E-state index contributed by atoms with van der Waals surface area (Å²) in [4.78, 5) is 22.1. The number of rotatable bonds is 1. The summed E-state index contributed by atoms with van der Waals surface area (Å²) >= 11 is 0. The Balaban J connectivity index is -0.000000138. The SMILES string of the molecule is C=C/C=C1/C(=O)NC(=O)/C1=C/C.CC.CC.CF.CO. The first-order valence-corrected chi connectivity index (χ1v) is 6.38. The molecular weight excluding hydrogens is 261 g/mol. The highest BCUT2D eigenvalue weighted by molar-refractivity contribution is 6.24. The second kappa shape index (κ2) is 22.4. The summed E-state index contributed by atoms with van der Waals surface area (Å²) in [5.41, 5.74) is 0.803. The van der Waals surface area contributed by atoms with Crippen LogP contribution in [0.4, 0.5) is 4.39 Å². The van der Waals surface area contributed by atoms with E-state index >= 15 is 0 Å². The fourth-order valence-electron chi connectivity index (χ4n) is 1.05. The van der Waals surface area contributed by atoms with Gasteiger partial charge in [-0.15, -0.1) is 0 Å². The summed E-state index contributed by atoms with van der Waals surface area (Å²) in [7, 11) is 1.50. The van der Waals surface area contributed by atoms with Crippen molar-refractivity contribution in [2.45, 2.75) is 34.6 Å². The van der Waals surface area contributed by atoms with Crippen molar-refractivity contribution < 1.29 is 19.1 Å². The lowest BCUT2D eigenvalue weighted by molar-refractivity contribution is -0.123. The number of nitrogens with one attached hydrogen (secondary N) is 1. The Bertz CT molecular complexity index is 321. The molecule has 0 atom stereocenters. The Morgan fingerprint density at radius 3 is 1.65 bits per heavy atom. The minimum Gasteiger partial charge on any atom is -0.400 e. The summed E-state index contributed by atoms with van der Waals surface area (Å²) in [6.07, 6.45) is 4.61. The van der Waals surface area contributed by atoms with Crippen LogP contribution >= 0.6 is 0 Å². The Labute approximate surface area is 122 Å². The number of aliphatic hydroxyl groups is 1. The van der Waals surface area contributed by atoms with Gasteiger partial charge >= 0.3 is 0 Å². The molecule has 0 spiro atoms. The molecule has 0 aliphatic carbocycles. The number of hydrogen-bond donors (Lipinski definition) is 2. The number of carbonyl (C=O) groups is 2. The molecule has 0 radical (unpaired) electrons. The van der Waals surface area contributed by atoms with Crippen molar-refractivity contribution in [3.8, 4) is 0 Å². The third-order valence-corrected chi connectivity index (χ3v) is 1.58. The van der Waals surface area contributed by atoms with Gasteiger partial charge in [0, 0.05) is 12.7 Å². The van der Waals surface area contributed by atoms with Gasteiger partial charge in [0.2, 0.25) is 0 Å². The van der Waals surface area contributed by atoms with Crippen LogP contribution in [0.1, 0.15) is 34.6 Å². The summed E-state index contributed by atoms with van der Waals surface area (Å²) in [6, 6.07) is 0. The number of aliphatic hydroxyl groups excluding tert-OH is 1. The molecule has 0 bridgehead atoms. The molecule has 1 fully saturated rings. The molecule has 0 aromatic heterocycles. The van der Waals surface area contributed by atoms with E-state index in [-0.39, 0.29) is 11.8 Å². The van der Waals surface area contributed by atoms with Crippen molar-refractivity contribution in [3.63, 3.8) is 0 Å². The quantitative estimate of drug-likeness (QED) is 0.576. The maximum atomic E-state index is 11.1. The predicted octanol–water partition coefficient (Wildman–Crippen LogP) is 2.95. The summed E-state index contributed by atoms with van der Waals surface area (Å²) in [5, 5.41) is 9.19. The molecule has 2 amide bonds. The molecule has 1 rings (SSSR count). The topological polar surface area (TPSA) is 66.4 Å². The first-order chi connectivity index (χ1) is 9.70. The molecule has 20 heavy (non-hydrogen) atoms. The average Bonchev–Trinajstić information content (AvgIpc) is 2.81. The minimum absolute atomic E-state index is 0.337. The zero-order valence-electron chi connectivity index (χ0n) is 13.6. The standard InChI is InChI=1S/C9H9NO2.2C2H6.CH3F.CH4O/c1-3-5-7-6(4-2)8(11)10-9(7)12;4*1-2/h3-5H,1H2,2H3,(H,10,11,12);2*1-2H3;1H3;2H,1H3/b6-4+,7-5+;;;;. The van der Waals surface area contributed by atoms with Gasteiger partial charge in [-0.25, -0.2) is 0 Å². The molecule has 4 nitrogen and oxygen atoms in total. The Hall–Kier alpha value is -1.75.